The van der Waals surface area contributed by atoms with Crippen molar-refractivity contribution in [3.63, 3.8) is 0 Å². The molecule has 66 valence electrons. The van der Waals surface area contributed by atoms with Gasteiger partial charge in [-0.2, -0.15) is 0 Å². The standard InChI is InChI=1S/C9H12O3/c10-8-6-4-2-1-3-5-7(6)9(11)12-8/h8,10H,1-5H2. The topological polar surface area (TPSA) is 46.5 Å². The highest BCUT2D eigenvalue weighted by molar-refractivity contribution is 5.92. The van der Waals surface area contributed by atoms with E-state index >= 15 is 0 Å². The van der Waals surface area contributed by atoms with Crippen LogP contribution in [0.5, 0.6) is 0 Å². The van der Waals surface area contributed by atoms with Crippen molar-refractivity contribution in [3.8, 4) is 0 Å². The summed E-state index contributed by atoms with van der Waals surface area (Å²) in [7, 11) is 0. The average Bonchev–Trinajstić information content (AvgIpc) is 2.29. The van der Waals surface area contributed by atoms with Crippen molar-refractivity contribution in [2.45, 2.75) is 38.4 Å². The van der Waals surface area contributed by atoms with Gasteiger partial charge < -0.3 is 9.84 Å². The summed E-state index contributed by atoms with van der Waals surface area (Å²) in [6.45, 7) is 0. The molecule has 0 aromatic heterocycles. The fourth-order valence-electron chi connectivity index (χ4n) is 1.85. The summed E-state index contributed by atoms with van der Waals surface area (Å²) >= 11 is 0. The smallest absolute Gasteiger partial charge is 0.336 e. The van der Waals surface area contributed by atoms with Gasteiger partial charge in [0.05, 0.1) is 0 Å². The molecular weight excluding hydrogens is 156 g/mol. The molecule has 3 heteroatoms. The Balaban J connectivity index is 2.27. The fraction of sp³-hybridized carbons (Fsp3) is 0.667. The molecule has 1 unspecified atom stereocenters. The number of esters is 1. The van der Waals surface area contributed by atoms with Crippen molar-refractivity contribution >= 4 is 5.97 Å². The van der Waals surface area contributed by atoms with Crippen molar-refractivity contribution in [2.24, 2.45) is 0 Å². The minimum Gasteiger partial charge on any atom is -0.428 e. The predicted molar refractivity (Wildman–Crippen MR) is 42.2 cm³/mol. The van der Waals surface area contributed by atoms with Crippen LogP contribution >= 0.6 is 0 Å². The maximum atomic E-state index is 11.1. The number of rotatable bonds is 0. The van der Waals surface area contributed by atoms with Gasteiger partial charge in [-0.15, -0.1) is 0 Å². The normalized spacial score (nSPS) is 29.8. The van der Waals surface area contributed by atoms with E-state index in [2.05, 4.69) is 0 Å². The third-order valence-electron chi connectivity index (χ3n) is 2.52. The lowest BCUT2D eigenvalue weighted by Gasteiger charge is -2.05. The van der Waals surface area contributed by atoms with Gasteiger partial charge in [0, 0.05) is 11.1 Å². The molecule has 0 aromatic carbocycles. The third kappa shape index (κ3) is 1.14. The van der Waals surface area contributed by atoms with Crippen LogP contribution in [0.3, 0.4) is 0 Å². The first kappa shape index (κ1) is 7.80. The van der Waals surface area contributed by atoms with Crippen LogP contribution in [0.4, 0.5) is 0 Å². The summed E-state index contributed by atoms with van der Waals surface area (Å²) in [6, 6.07) is 0. The van der Waals surface area contributed by atoms with Gasteiger partial charge in [-0.1, -0.05) is 6.42 Å². The molecule has 1 aliphatic carbocycles. The molecule has 0 radical (unpaired) electrons. The lowest BCUT2D eigenvalue weighted by molar-refractivity contribution is -0.152. The summed E-state index contributed by atoms with van der Waals surface area (Å²) in [5, 5.41) is 9.32. The summed E-state index contributed by atoms with van der Waals surface area (Å²) in [5.74, 6) is -0.306. The first-order valence-corrected chi connectivity index (χ1v) is 4.40. The number of carbonyl (C=O) groups excluding carboxylic acids is 1. The molecule has 0 saturated carbocycles. The Bertz CT molecular complexity index is 242. The molecule has 1 N–H and O–H groups in total. The zero-order valence-corrected chi connectivity index (χ0v) is 6.88. The van der Waals surface area contributed by atoms with E-state index in [0.29, 0.717) is 0 Å². The Kier molecular flexibility index (Phi) is 1.89. The summed E-state index contributed by atoms with van der Waals surface area (Å²) < 4.78 is 4.71. The van der Waals surface area contributed by atoms with Crippen molar-refractivity contribution in [3.05, 3.63) is 11.1 Å². The van der Waals surface area contributed by atoms with Crippen LogP contribution in [0.1, 0.15) is 32.1 Å². The van der Waals surface area contributed by atoms with Crippen LogP contribution in [0, 0.1) is 0 Å². The van der Waals surface area contributed by atoms with E-state index in [9.17, 15) is 9.90 Å². The molecule has 2 rings (SSSR count). The van der Waals surface area contributed by atoms with Gasteiger partial charge in [0.15, 0.2) is 0 Å². The molecule has 0 aromatic rings. The highest BCUT2D eigenvalue weighted by Crippen LogP contribution is 2.32. The molecule has 1 atom stereocenters. The van der Waals surface area contributed by atoms with Gasteiger partial charge in [0.2, 0.25) is 6.29 Å². The molecule has 12 heavy (non-hydrogen) atoms. The van der Waals surface area contributed by atoms with E-state index in [1.54, 1.807) is 0 Å². The number of aliphatic hydroxyl groups excluding tert-OH is 1. The zero-order valence-electron chi connectivity index (χ0n) is 6.88. The molecule has 0 amide bonds. The highest BCUT2D eigenvalue weighted by Gasteiger charge is 2.32. The van der Waals surface area contributed by atoms with Crippen LogP contribution < -0.4 is 0 Å². The summed E-state index contributed by atoms with van der Waals surface area (Å²) in [4.78, 5) is 11.1. The third-order valence-corrected chi connectivity index (χ3v) is 2.52. The summed E-state index contributed by atoms with van der Waals surface area (Å²) in [6.07, 6.45) is 3.92. The lowest BCUT2D eigenvalue weighted by Crippen LogP contribution is -2.10. The second-order valence-electron chi connectivity index (χ2n) is 3.32. The Hall–Kier alpha value is -0.830. The SMILES string of the molecule is O=C1OC(O)C2=C1CCCCC2. The van der Waals surface area contributed by atoms with Crippen molar-refractivity contribution in [1.29, 1.82) is 0 Å². The van der Waals surface area contributed by atoms with Crippen molar-refractivity contribution in [2.75, 3.05) is 0 Å². The van der Waals surface area contributed by atoms with E-state index in [0.717, 1.165) is 43.3 Å². The Morgan fingerprint density at radius 1 is 1.25 bits per heavy atom. The van der Waals surface area contributed by atoms with Crippen LogP contribution in [-0.2, 0) is 9.53 Å². The molecular formula is C9H12O3. The number of ether oxygens (including phenoxy) is 1. The van der Waals surface area contributed by atoms with Gasteiger partial charge in [0.1, 0.15) is 0 Å². The Labute approximate surface area is 71.0 Å². The molecule has 0 spiro atoms. The predicted octanol–water partition coefficient (Wildman–Crippen LogP) is 1.12. The van der Waals surface area contributed by atoms with Gasteiger partial charge >= 0.3 is 5.97 Å². The van der Waals surface area contributed by atoms with Crippen LogP contribution in [0.25, 0.3) is 0 Å². The van der Waals surface area contributed by atoms with Gasteiger partial charge in [-0.05, 0) is 25.7 Å². The van der Waals surface area contributed by atoms with Gasteiger partial charge in [-0.3, -0.25) is 0 Å². The first-order valence-electron chi connectivity index (χ1n) is 4.40. The van der Waals surface area contributed by atoms with Gasteiger partial charge in [-0.25, -0.2) is 4.79 Å². The van der Waals surface area contributed by atoms with E-state index in [4.69, 9.17) is 4.74 Å². The summed E-state index contributed by atoms with van der Waals surface area (Å²) in [5.41, 5.74) is 1.57. The number of hydrogen-bond donors (Lipinski definition) is 1. The lowest BCUT2D eigenvalue weighted by atomic mass is 10.1. The minimum atomic E-state index is -0.939. The maximum absolute atomic E-state index is 11.1. The second kappa shape index (κ2) is 2.90. The molecule has 1 heterocycles. The first-order chi connectivity index (χ1) is 5.79. The molecule has 3 nitrogen and oxygen atoms in total. The molecule has 0 saturated heterocycles. The largest absolute Gasteiger partial charge is 0.428 e. The van der Waals surface area contributed by atoms with Crippen LogP contribution in [0.2, 0.25) is 0 Å². The zero-order chi connectivity index (χ0) is 8.55. The molecule has 1 aliphatic heterocycles. The van der Waals surface area contributed by atoms with Crippen molar-refractivity contribution in [1.82, 2.24) is 0 Å². The number of cyclic esters (lactones) is 1. The number of hydrogen-bond acceptors (Lipinski definition) is 3. The number of carbonyl (C=O) groups is 1. The minimum absolute atomic E-state index is 0.306. The molecule has 0 bridgehead atoms. The van der Waals surface area contributed by atoms with E-state index in [1.807, 2.05) is 0 Å². The van der Waals surface area contributed by atoms with E-state index in [1.165, 1.54) is 0 Å². The van der Waals surface area contributed by atoms with Gasteiger partial charge in [0.25, 0.3) is 0 Å². The Morgan fingerprint density at radius 2 is 2.00 bits per heavy atom. The fourth-order valence-corrected chi connectivity index (χ4v) is 1.85. The van der Waals surface area contributed by atoms with Crippen LogP contribution in [0.15, 0.2) is 11.1 Å². The second-order valence-corrected chi connectivity index (χ2v) is 3.32. The quantitative estimate of drug-likeness (QED) is 0.551. The highest BCUT2D eigenvalue weighted by atomic mass is 16.6. The Morgan fingerprint density at radius 3 is 2.83 bits per heavy atom. The van der Waals surface area contributed by atoms with E-state index in [-0.39, 0.29) is 5.97 Å². The average molecular weight is 168 g/mol. The maximum Gasteiger partial charge on any atom is 0.336 e. The van der Waals surface area contributed by atoms with Crippen molar-refractivity contribution < 1.29 is 14.6 Å². The van der Waals surface area contributed by atoms with E-state index < -0.39 is 6.29 Å². The number of aliphatic hydroxyl groups is 1. The van der Waals surface area contributed by atoms with Crippen LogP contribution in [-0.4, -0.2) is 17.4 Å². The molecule has 0 fully saturated rings. The monoisotopic (exact) mass is 168 g/mol. The molecule has 2 aliphatic rings.